The zero-order valence-corrected chi connectivity index (χ0v) is 15.3. The Kier molecular flexibility index (Phi) is 5.48. The van der Waals surface area contributed by atoms with Crippen LogP contribution in [0.15, 0.2) is 30.6 Å². The van der Waals surface area contributed by atoms with Crippen LogP contribution in [0.2, 0.25) is 0 Å². The van der Waals surface area contributed by atoms with Gasteiger partial charge in [0.05, 0.1) is 17.4 Å². The van der Waals surface area contributed by atoms with Crippen molar-refractivity contribution in [1.82, 2.24) is 25.0 Å². The van der Waals surface area contributed by atoms with Gasteiger partial charge in [-0.3, -0.25) is 19.4 Å². The molecule has 6 heteroatoms. The molecule has 2 aromatic heterocycles. The molecule has 0 bridgehead atoms. The molecule has 134 valence electrons. The van der Waals surface area contributed by atoms with E-state index < -0.39 is 0 Å². The van der Waals surface area contributed by atoms with Gasteiger partial charge in [0.2, 0.25) is 5.91 Å². The fourth-order valence-corrected chi connectivity index (χ4v) is 3.45. The zero-order chi connectivity index (χ0) is 17.8. The summed E-state index contributed by atoms with van der Waals surface area (Å²) in [6.45, 7) is 8.37. The number of likely N-dealkylation sites (tertiary alicyclic amines) is 1. The smallest absolute Gasteiger partial charge is 0.217 e. The van der Waals surface area contributed by atoms with E-state index in [4.69, 9.17) is 0 Å². The highest BCUT2D eigenvalue weighted by atomic mass is 16.1. The molecule has 2 aromatic rings. The molecule has 1 N–H and O–H groups in total. The Labute approximate surface area is 149 Å². The van der Waals surface area contributed by atoms with E-state index in [9.17, 15) is 4.79 Å². The van der Waals surface area contributed by atoms with Crippen LogP contribution < -0.4 is 5.32 Å². The molecule has 1 saturated heterocycles. The van der Waals surface area contributed by atoms with Crippen LogP contribution in [0.1, 0.15) is 62.6 Å². The van der Waals surface area contributed by atoms with Crippen LogP contribution in [0.5, 0.6) is 0 Å². The number of carbonyl (C=O) groups is 1. The van der Waals surface area contributed by atoms with Gasteiger partial charge in [0.25, 0.3) is 0 Å². The predicted octanol–water partition coefficient (Wildman–Crippen LogP) is 2.83. The van der Waals surface area contributed by atoms with Crippen molar-refractivity contribution >= 4 is 5.91 Å². The van der Waals surface area contributed by atoms with Crippen molar-refractivity contribution in [3.8, 4) is 0 Å². The van der Waals surface area contributed by atoms with Crippen molar-refractivity contribution in [2.75, 3.05) is 6.54 Å². The maximum atomic E-state index is 11.0. The molecule has 0 spiro atoms. The molecule has 0 aromatic carbocycles. The van der Waals surface area contributed by atoms with E-state index in [2.05, 4.69) is 57.0 Å². The third-order valence-corrected chi connectivity index (χ3v) is 4.70. The lowest BCUT2D eigenvalue weighted by molar-refractivity contribution is -0.119. The van der Waals surface area contributed by atoms with Gasteiger partial charge in [0.15, 0.2) is 0 Å². The number of rotatable bonds is 6. The third-order valence-electron chi connectivity index (χ3n) is 4.70. The van der Waals surface area contributed by atoms with Gasteiger partial charge in [-0.1, -0.05) is 6.07 Å². The second-order valence-corrected chi connectivity index (χ2v) is 6.99. The van der Waals surface area contributed by atoms with Crippen LogP contribution in [-0.2, 0) is 17.9 Å². The first-order valence-electron chi connectivity index (χ1n) is 9.00. The monoisotopic (exact) mass is 341 g/mol. The van der Waals surface area contributed by atoms with Gasteiger partial charge in [0, 0.05) is 38.4 Å². The fourth-order valence-electron chi connectivity index (χ4n) is 3.45. The zero-order valence-electron chi connectivity index (χ0n) is 15.3. The standard InChI is InChI=1S/C19H27N5O/c1-14(2)24-17(8-9-22-24)13-23-10-4-5-19(23)18-7-6-16(12-21-18)11-20-15(3)25/h6-9,12,14,19H,4-5,10-11,13H2,1-3H3,(H,20,25)/t19-/m1/s1. The molecule has 1 aliphatic rings. The van der Waals surface area contributed by atoms with Crippen molar-refractivity contribution < 1.29 is 4.79 Å². The molecule has 0 radical (unpaired) electrons. The molecule has 3 heterocycles. The second kappa shape index (κ2) is 7.78. The van der Waals surface area contributed by atoms with Crippen molar-refractivity contribution in [1.29, 1.82) is 0 Å². The van der Waals surface area contributed by atoms with Gasteiger partial charge < -0.3 is 5.32 Å². The maximum absolute atomic E-state index is 11.0. The summed E-state index contributed by atoms with van der Waals surface area (Å²) in [5.74, 6) is -0.0205. The second-order valence-electron chi connectivity index (χ2n) is 6.99. The van der Waals surface area contributed by atoms with E-state index in [1.54, 1.807) is 0 Å². The Bertz CT molecular complexity index is 707. The van der Waals surface area contributed by atoms with Crippen molar-refractivity contribution in [2.24, 2.45) is 0 Å². The SMILES string of the molecule is CC(=O)NCc1ccc([C@H]2CCCN2Cc2ccnn2C(C)C)nc1. The summed E-state index contributed by atoms with van der Waals surface area (Å²) in [5, 5.41) is 7.25. The number of amides is 1. The summed E-state index contributed by atoms with van der Waals surface area (Å²) in [4.78, 5) is 18.2. The molecule has 1 amide bonds. The molecule has 0 unspecified atom stereocenters. The van der Waals surface area contributed by atoms with Gasteiger partial charge in [-0.15, -0.1) is 0 Å². The van der Waals surface area contributed by atoms with Gasteiger partial charge in [-0.05, 0) is 50.9 Å². The summed E-state index contributed by atoms with van der Waals surface area (Å²) in [6, 6.07) is 6.99. The van der Waals surface area contributed by atoms with E-state index in [1.165, 1.54) is 19.0 Å². The molecular formula is C19H27N5O. The Morgan fingerprint density at radius 1 is 1.36 bits per heavy atom. The lowest BCUT2D eigenvalue weighted by atomic mass is 10.1. The van der Waals surface area contributed by atoms with Crippen molar-refractivity contribution in [3.05, 3.63) is 47.5 Å². The van der Waals surface area contributed by atoms with Crippen LogP contribution in [0, 0.1) is 0 Å². The molecule has 1 atom stereocenters. The van der Waals surface area contributed by atoms with Gasteiger partial charge in [-0.2, -0.15) is 5.10 Å². The summed E-state index contributed by atoms with van der Waals surface area (Å²) in [6.07, 6.45) is 6.08. The van der Waals surface area contributed by atoms with Crippen LogP contribution in [-0.4, -0.2) is 32.1 Å². The topological polar surface area (TPSA) is 63.1 Å². The highest BCUT2D eigenvalue weighted by Crippen LogP contribution is 2.32. The Morgan fingerprint density at radius 2 is 2.20 bits per heavy atom. The van der Waals surface area contributed by atoms with Crippen LogP contribution in [0.25, 0.3) is 0 Å². The minimum atomic E-state index is -0.0205. The average molecular weight is 341 g/mol. The summed E-state index contributed by atoms with van der Waals surface area (Å²) < 4.78 is 2.10. The molecule has 0 saturated carbocycles. The summed E-state index contributed by atoms with van der Waals surface area (Å²) >= 11 is 0. The highest BCUT2D eigenvalue weighted by Gasteiger charge is 2.28. The Morgan fingerprint density at radius 3 is 2.88 bits per heavy atom. The first kappa shape index (κ1) is 17.6. The molecule has 6 nitrogen and oxygen atoms in total. The van der Waals surface area contributed by atoms with E-state index in [0.29, 0.717) is 18.6 Å². The largest absolute Gasteiger partial charge is 0.352 e. The van der Waals surface area contributed by atoms with E-state index in [0.717, 1.165) is 30.8 Å². The Balaban J connectivity index is 1.69. The number of pyridine rings is 1. The van der Waals surface area contributed by atoms with Gasteiger partial charge in [-0.25, -0.2) is 0 Å². The Hall–Kier alpha value is -2.21. The van der Waals surface area contributed by atoms with E-state index in [-0.39, 0.29) is 5.91 Å². The fraction of sp³-hybridized carbons (Fsp3) is 0.526. The van der Waals surface area contributed by atoms with E-state index in [1.807, 2.05) is 12.4 Å². The molecule has 1 aliphatic heterocycles. The number of hydrogen-bond donors (Lipinski definition) is 1. The maximum Gasteiger partial charge on any atom is 0.217 e. The predicted molar refractivity (Wildman–Crippen MR) is 96.8 cm³/mol. The lowest BCUT2D eigenvalue weighted by Gasteiger charge is -2.25. The highest BCUT2D eigenvalue weighted by molar-refractivity contribution is 5.72. The normalized spacial score (nSPS) is 18.0. The van der Waals surface area contributed by atoms with Gasteiger partial charge in [0.1, 0.15) is 0 Å². The quantitative estimate of drug-likeness (QED) is 0.877. The molecule has 0 aliphatic carbocycles. The van der Waals surface area contributed by atoms with Crippen molar-refractivity contribution in [2.45, 2.75) is 58.8 Å². The minimum absolute atomic E-state index is 0.0205. The van der Waals surface area contributed by atoms with E-state index >= 15 is 0 Å². The summed E-state index contributed by atoms with van der Waals surface area (Å²) in [7, 11) is 0. The minimum Gasteiger partial charge on any atom is -0.352 e. The third kappa shape index (κ3) is 4.25. The average Bonchev–Trinajstić information content (AvgIpc) is 3.23. The van der Waals surface area contributed by atoms with Crippen LogP contribution in [0.4, 0.5) is 0 Å². The first-order chi connectivity index (χ1) is 12.0. The number of carbonyl (C=O) groups excluding carboxylic acids is 1. The van der Waals surface area contributed by atoms with Gasteiger partial charge >= 0.3 is 0 Å². The first-order valence-corrected chi connectivity index (χ1v) is 9.00. The number of nitrogens with one attached hydrogen (secondary N) is 1. The summed E-state index contributed by atoms with van der Waals surface area (Å²) in [5.41, 5.74) is 3.39. The molecular weight excluding hydrogens is 314 g/mol. The molecule has 1 fully saturated rings. The number of nitrogens with zero attached hydrogens (tertiary/aromatic N) is 4. The lowest BCUT2D eigenvalue weighted by Crippen LogP contribution is -2.25. The number of aromatic nitrogens is 3. The van der Waals surface area contributed by atoms with Crippen LogP contribution >= 0.6 is 0 Å². The van der Waals surface area contributed by atoms with Crippen molar-refractivity contribution in [3.63, 3.8) is 0 Å². The van der Waals surface area contributed by atoms with Crippen LogP contribution in [0.3, 0.4) is 0 Å². The molecule has 3 rings (SSSR count). The molecule has 25 heavy (non-hydrogen) atoms. The number of hydrogen-bond acceptors (Lipinski definition) is 4.